The van der Waals surface area contributed by atoms with Crippen molar-refractivity contribution >= 4 is 27.3 Å². The molecule has 1 aliphatic heterocycles. The Morgan fingerprint density at radius 2 is 1.88 bits per heavy atom. The average molecular weight is 539 g/mol. The van der Waals surface area contributed by atoms with Crippen LogP contribution in [0.5, 0.6) is 5.75 Å². The van der Waals surface area contributed by atoms with Crippen molar-refractivity contribution < 1.29 is 17.9 Å². The lowest BCUT2D eigenvalue weighted by Gasteiger charge is -2.43. The maximum absolute atomic E-state index is 12.7. The van der Waals surface area contributed by atoms with Crippen molar-refractivity contribution in [2.24, 2.45) is 17.6 Å². The number of para-hydroxylation sites is 1. The van der Waals surface area contributed by atoms with E-state index in [2.05, 4.69) is 54.8 Å². The van der Waals surface area contributed by atoms with E-state index in [0.29, 0.717) is 28.4 Å². The van der Waals surface area contributed by atoms with Crippen LogP contribution < -0.4 is 26.4 Å². The fourth-order valence-corrected chi connectivity index (χ4v) is 5.33. The first-order chi connectivity index (χ1) is 16.2. The Bertz CT molecular complexity index is 1040. The molecule has 2 aromatic carbocycles. The topological polar surface area (TPSA) is 71.3 Å². The van der Waals surface area contributed by atoms with Crippen LogP contribution >= 0.6 is 15.9 Å². The van der Waals surface area contributed by atoms with Crippen LogP contribution in [0, 0.1) is 11.8 Å². The van der Waals surface area contributed by atoms with E-state index in [9.17, 15) is 13.2 Å². The van der Waals surface area contributed by atoms with Crippen molar-refractivity contribution in [1.82, 2.24) is 10.6 Å². The lowest BCUT2D eigenvalue weighted by atomic mass is 9.74. The molecule has 0 bridgehead atoms. The number of ether oxygens (including phenoxy) is 1. The fraction of sp³-hybridized carbons (Fsp3) is 0.440. The molecule has 1 fully saturated rings. The second kappa shape index (κ2) is 10.2. The van der Waals surface area contributed by atoms with Gasteiger partial charge in [-0.25, -0.2) is 0 Å². The zero-order valence-corrected chi connectivity index (χ0v) is 20.6. The Kier molecular flexibility index (Phi) is 7.45. The molecule has 1 unspecified atom stereocenters. The second-order valence-electron chi connectivity index (χ2n) is 9.06. The molecule has 2 aromatic rings. The van der Waals surface area contributed by atoms with E-state index in [4.69, 9.17) is 5.73 Å². The van der Waals surface area contributed by atoms with Gasteiger partial charge in [-0.3, -0.25) is 0 Å². The van der Waals surface area contributed by atoms with Gasteiger partial charge in [-0.15, -0.1) is 13.2 Å². The zero-order chi connectivity index (χ0) is 24.3. The molecule has 34 heavy (non-hydrogen) atoms. The van der Waals surface area contributed by atoms with Gasteiger partial charge in [-0.1, -0.05) is 40.2 Å². The molecule has 1 saturated carbocycles. The van der Waals surface area contributed by atoms with Crippen LogP contribution in [0.1, 0.15) is 36.8 Å². The second-order valence-corrected chi connectivity index (χ2v) is 9.98. The van der Waals surface area contributed by atoms with Crippen LogP contribution in [0.4, 0.5) is 18.9 Å². The van der Waals surface area contributed by atoms with Gasteiger partial charge in [-0.2, -0.15) is 0 Å². The van der Waals surface area contributed by atoms with Crippen LogP contribution in [0.25, 0.3) is 5.70 Å². The molecule has 4 rings (SSSR count). The van der Waals surface area contributed by atoms with Gasteiger partial charge < -0.3 is 26.4 Å². The first kappa shape index (κ1) is 24.9. The van der Waals surface area contributed by atoms with E-state index >= 15 is 0 Å². The van der Waals surface area contributed by atoms with E-state index < -0.39 is 12.0 Å². The van der Waals surface area contributed by atoms with Crippen LogP contribution in [0.3, 0.4) is 0 Å². The van der Waals surface area contributed by atoms with Crippen LogP contribution in [-0.2, 0) is 6.54 Å². The van der Waals surface area contributed by atoms with Crippen molar-refractivity contribution in [3.05, 3.63) is 64.1 Å². The Balaban J connectivity index is 1.32. The van der Waals surface area contributed by atoms with Gasteiger partial charge in [0.25, 0.3) is 0 Å². The van der Waals surface area contributed by atoms with Gasteiger partial charge in [0.15, 0.2) is 0 Å². The lowest BCUT2D eigenvalue weighted by molar-refractivity contribution is -0.274. The van der Waals surface area contributed by atoms with Gasteiger partial charge >= 0.3 is 6.36 Å². The van der Waals surface area contributed by atoms with Crippen LogP contribution in [-0.4, -0.2) is 25.6 Å². The Morgan fingerprint density at radius 1 is 1.15 bits per heavy atom. The van der Waals surface area contributed by atoms with Crippen molar-refractivity contribution in [3.63, 3.8) is 0 Å². The Labute approximate surface area is 206 Å². The molecule has 9 heteroatoms. The minimum Gasteiger partial charge on any atom is -0.405 e. The maximum Gasteiger partial charge on any atom is 0.573 e. The molecule has 0 aromatic heterocycles. The number of nitrogens with one attached hydrogen (secondary N) is 3. The predicted molar refractivity (Wildman–Crippen MR) is 132 cm³/mol. The van der Waals surface area contributed by atoms with Crippen molar-refractivity contribution in [3.8, 4) is 5.75 Å². The van der Waals surface area contributed by atoms with Gasteiger partial charge in [0.05, 0.1) is 0 Å². The van der Waals surface area contributed by atoms with Crippen LogP contribution in [0.2, 0.25) is 0 Å². The number of alkyl halides is 3. The fourth-order valence-electron chi connectivity index (χ4n) is 4.99. The summed E-state index contributed by atoms with van der Waals surface area (Å²) in [7, 11) is 1.91. The van der Waals surface area contributed by atoms with Crippen molar-refractivity contribution in [1.29, 1.82) is 0 Å². The molecule has 2 aliphatic rings. The molecular weight excluding hydrogens is 509 g/mol. The molecular formula is C25H30BrF3N4O. The molecule has 0 radical (unpaired) electrons. The van der Waals surface area contributed by atoms with E-state index in [1.807, 2.05) is 19.2 Å². The largest absolute Gasteiger partial charge is 0.573 e. The van der Waals surface area contributed by atoms with Crippen molar-refractivity contribution in [2.75, 3.05) is 18.9 Å². The summed E-state index contributed by atoms with van der Waals surface area (Å²) in [6.07, 6.45) is 1.36. The number of rotatable bonds is 7. The molecule has 5 N–H and O–H groups in total. The highest BCUT2D eigenvalue weighted by molar-refractivity contribution is 9.10. The van der Waals surface area contributed by atoms with E-state index in [1.165, 1.54) is 6.07 Å². The molecule has 184 valence electrons. The summed E-state index contributed by atoms with van der Waals surface area (Å²) in [5, 5.41) is 10.1. The van der Waals surface area contributed by atoms with Gasteiger partial charge in [0.2, 0.25) is 0 Å². The van der Waals surface area contributed by atoms with E-state index in [0.717, 1.165) is 49.2 Å². The smallest absolute Gasteiger partial charge is 0.405 e. The van der Waals surface area contributed by atoms with Crippen LogP contribution in [0.15, 0.2) is 53.0 Å². The standard InChI is InChI=1S/C25H30BrF3N4O/c1-31-22-13-24(30,33-21-5-3-2-4-20(21)22)18-9-6-16(7-10-18)14-32-15-17-8-11-19(26)12-23(17)34-25(27,28)29/h2-5,8,11-13,16,18,31-33H,6-7,9-10,14-15,30H2,1H3. The summed E-state index contributed by atoms with van der Waals surface area (Å²) in [5.74, 6) is 0.559. The highest BCUT2D eigenvalue weighted by atomic mass is 79.9. The minimum atomic E-state index is -4.72. The maximum atomic E-state index is 12.7. The molecule has 1 atom stereocenters. The van der Waals surface area contributed by atoms with Crippen molar-refractivity contribution in [2.45, 2.75) is 44.3 Å². The first-order valence-corrected chi connectivity index (χ1v) is 12.3. The summed E-state index contributed by atoms with van der Waals surface area (Å²) < 4.78 is 42.9. The van der Waals surface area contributed by atoms with Gasteiger partial charge in [0.1, 0.15) is 11.4 Å². The number of nitrogens with two attached hydrogens (primary N) is 1. The average Bonchev–Trinajstić information content (AvgIpc) is 2.79. The normalized spacial score (nSPS) is 24.6. The summed E-state index contributed by atoms with van der Waals surface area (Å²) in [5.41, 5.74) is 9.91. The molecule has 1 aliphatic carbocycles. The third kappa shape index (κ3) is 5.87. The predicted octanol–water partition coefficient (Wildman–Crippen LogP) is 5.58. The number of hydrogen-bond acceptors (Lipinski definition) is 5. The number of hydrogen-bond donors (Lipinski definition) is 4. The molecule has 0 amide bonds. The molecule has 0 saturated heterocycles. The van der Waals surface area contributed by atoms with Gasteiger partial charge in [-0.05, 0) is 68.3 Å². The molecule has 5 nitrogen and oxygen atoms in total. The highest BCUT2D eigenvalue weighted by Gasteiger charge is 2.39. The monoisotopic (exact) mass is 538 g/mol. The number of anilines is 1. The number of benzene rings is 2. The third-order valence-corrected chi connectivity index (χ3v) is 7.24. The van der Waals surface area contributed by atoms with E-state index in [-0.39, 0.29) is 5.75 Å². The highest BCUT2D eigenvalue weighted by Crippen LogP contribution is 2.40. The summed E-state index contributed by atoms with van der Waals surface area (Å²) in [6.45, 7) is 1.05. The lowest BCUT2D eigenvalue weighted by Crippen LogP contribution is -2.55. The Hall–Kier alpha value is -2.23. The summed E-state index contributed by atoms with van der Waals surface area (Å²) in [6, 6.07) is 12.8. The quantitative estimate of drug-likeness (QED) is 0.370. The minimum absolute atomic E-state index is 0.182. The van der Waals surface area contributed by atoms with E-state index in [1.54, 1.807) is 12.1 Å². The summed E-state index contributed by atoms with van der Waals surface area (Å²) in [4.78, 5) is 0. The SMILES string of the molecule is CNC1=CC(N)(C2CCC(CNCc3ccc(Br)cc3OC(F)(F)F)CC2)Nc2ccccc21. The van der Waals surface area contributed by atoms with Gasteiger partial charge in [0, 0.05) is 40.6 Å². The Morgan fingerprint density at radius 3 is 2.59 bits per heavy atom. The first-order valence-electron chi connectivity index (χ1n) is 11.5. The number of halogens is 4. The molecule has 1 heterocycles. The zero-order valence-electron chi connectivity index (χ0n) is 19.0. The number of fused-ring (bicyclic) bond motifs is 1. The molecule has 0 spiro atoms. The summed E-state index contributed by atoms with van der Waals surface area (Å²) >= 11 is 3.20. The third-order valence-electron chi connectivity index (χ3n) is 6.75.